The summed E-state index contributed by atoms with van der Waals surface area (Å²) in [6.45, 7) is 3.79. The number of piperidine rings is 1. The number of aryl methyl sites for hydroxylation is 1. The fraction of sp³-hybridized carbons (Fsp3) is 0.500. The van der Waals surface area contributed by atoms with E-state index in [9.17, 15) is 0 Å². The number of hydrogen-bond acceptors (Lipinski definition) is 4. The Balaban J connectivity index is 0.00000144. The van der Waals surface area contributed by atoms with Gasteiger partial charge in [0, 0.05) is 18.3 Å². The third-order valence-electron chi connectivity index (χ3n) is 2.60. The van der Waals surface area contributed by atoms with Crippen molar-refractivity contribution in [1.29, 1.82) is 5.26 Å². The van der Waals surface area contributed by atoms with Crippen molar-refractivity contribution in [2.45, 2.75) is 25.9 Å². The van der Waals surface area contributed by atoms with Crippen LogP contribution in [0.4, 0.5) is 0 Å². The monoisotopic (exact) mass is 253 g/mol. The summed E-state index contributed by atoms with van der Waals surface area (Å²) in [5, 5.41) is 12.1. The number of halogens is 1. The second kappa shape index (κ2) is 6.43. The molecule has 2 rings (SSSR count). The Bertz CT molecular complexity index is 411. The normalized spacial score (nSPS) is 18.9. The molecule has 0 aromatic carbocycles. The lowest BCUT2D eigenvalue weighted by molar-refractivity contribution is 0.160. The Labute approximate surface area is 107 Å². The molecule has 1 aliphatic heterocycles. The van der Waals surface area contributed by atoms with E-state index in [0.717, 1.165) is 31.6 Å². The Hall–Kier alpha value is -1.31. The fourth-order valence-electron chi connectivity index (χ4n) is 1.85. The van der Waals surface area contributed by atoms with Crippen molar-refractivity contribution in [3.8, 4) is 11.9 Å². The maximum Gasteiger partial charge on any atom is 0.215 e. The SMILES string of the molecule is Cc1cc(C#N)cc(O[C@H]2CCCNC2)n1.Cl. The molecule has 0 spiro atoms. The van der Waals surface area contributed by atoms with Crippen LogP contribution < -0.4 is 10.1 Å². The largest absolute Gasteiger partial charge is 0.473 e. The Kier molecular flexibility index (Phi) is 5.20. The summed E-state index contributed by atoms with van der Waals surface area (Å²) >= 11 is 0. The van der Waals surface area contributed by atoms with Gasteiger partial charge in [0.25, 0.3) is 0 Å². The zero-order valence-electron chi connectivity index (χ0n) is 9.77. The molecule has 0 aliphatic carbocycles. The van der Waals surface area contributed by atoms with Gasteiger partial charge in [0.1, 0.15) is 6.10 Å². The zero-order chi connectivity index (χ0) is 11.4. The third kappa shape index (κ3) is 3.88. The first-order valence-corrected chi connectivity index (χ1v) is 5.54. The molecule has 1 saturated heterocycles. The fourth-order valence-corrected chi connectivity index (χ4v) is 1.85. The highest BCUT2D eigenvalue weighted by atomic mass is 35.5. The van der Waals surface area contributed by atoms with E-state index < -0.39 is 0 Å². The summed E-state index contributed by atoms with van der Waals surface area (Å²) in [7, 11) is 0. The van der Waals surface area contributed by atoms with Gasteiger partial charge in [-0.3, -0.25) is 0 Å². The van der Waals surface area contributed by atoms with Gasteiger partial charge in [0.15, 0.2) is 0 Å². The predicted octanol–water partition coefficient (Wildman–Crippen LogP) is 1.81. The van der Waals surface area contributed by atoms with E-state index in [0.29, 0.717) is 11.4 Å². The number of nitrogens with zero attached hydrogens (tertiary/aromatic N) is 2. The van der Waals surface area contributed by atoms with Crippen molar-refractivity contribution in [2.24, 2.45) is 0 Å². The first kappa shape index (κ1) is 13.8. The van der Waals surface area contributed by atoms with E-state index in [1.54, 1.807) is 12.1 Å². The molecule has 1 N–H and O–H groups in total. The minimum Gasteiger partial charge on any atom is -0.473 e. The molecular formula is C12H16ClN3O. The molecule has 0 saturated carbocycles. The van der Waals surface area contributed by atoms with Gasteiger partial charge in [0.05, 0.1) is 11.6 Å². The minimum atomic E-state index is 0. The van der Waals surface area contributed by atoms with Gasteiger partial charge in [-0.2, -0.15) is 5.26 Å². The number of hydrogen-bond donors (Lipinski definition) is 1. The maximum atomic E-state index is 8.85. The van der Waals surface area contributed by atoms with E-state index in [1.807, 2.05) is 6.92 Å². The zero-order valence-corrected chi connectivity index (χ0v) is 10.6. The lowest BCUT2D eigenvalue weighted by Crippen LogP contribution is -2.37. The van der Waals surface area contributed by atoms with Crippen LogP contribution in [-0.4, -0.2) is 24.2 Å². The highest BCUT2D eigenvalue weighted by Crippen LogP contribution is 2.15. The Morgan fingerprint density at radius 3 is 3.00 bits per heavy atom. The lowest BCUT2D eigenvalue weighted by atomic mass is 10.1. The van der Waals surface area contributed by atoms with Crippen molar-refractivity contribution in [1.82, 2.24) is 10.3 Å². The quantitative estimate of drug-likeness (QED) is 0.874. The van der Waals surface area contributed by atoms with Crippen LogP contribution >= 0.6 is 12.4 Å². The molecule has 1 fully saturated rings. The summed E-state index contributed by atoms with van der Waals surface area (Å²) in [6, 6.07) is 5.56. The molecule has 1 aromatic rings. The molecule has 0 bridgehead atoms. The minimum absolute atomic E-state index is 0. The van der Waals surface area contributed by atoms with Crippen molar-refractivity contribution in [3.05, 3.63) is 23.4 Å². The second-order valence-electron chi connectivity index (χ2n) is 4.03. The number of ether oxygens (including phenoxy) is 1. The van der Waals surface area contributed by atoms with Crippen molar-refractivity contribution in [2.75, 3.05) is 13.1 Å². The van der Waals surface area contributed by atoms with Crippen LogP contribution in [0.2, 0.25) is 0 Å². The van der Waals surface area contributed by atoms with E-state index in [-0.39, 0.29) is 18.5 Å². The number of nitriles is 1. The highest BCUT2D eigenvalue weighted by molar-refractivity contribution is 5.85. The van der Waals surface area contributed by atoms with Gasteiger partial charge in [-0.05, 0) is 32.4 Å². The smallest absolute Gasteiger partial charge is 0.215 e. The van der Waals surface area contributed by atoms with Crippen LogP contribution in [0, 0.1) is 18.3 Å². The molecule has 0 amide bonds. The Morgan fingerprint density at radius 1 is 1.53 bits per heavy atom. The first-order chi connectivity index (χ1) is 7.78. The number of nitrogens with one attached hydrogen (secondary N) is 1. The van der Waals surface area contributed by atoms with Gasteiger partial charge in [-0.25, -0.2) is 4.98 Å². The number of rotatable bonds is 2. The average molecular weight is 254 g/mol. The van der Waals surface area contributed by atoms with E-state index in [2.05, 4.69) is 16.4 Å². The van der Waals surface area contributed by atoms with Crippen LogP contribution in [0.25, 0.3) is 0 Å². The van der Waals surface area contributed by atoms with E-state index in [4.69, 9.17) is 10.00 Å². The number of pyridine rings is 1. The molecule has 2 heterocycles. The standard InChI is InChI=1S/C12H15N3O.ClH/c1-9-5-10(7-13)6-12(15-9)16-11-3-2-4-14-8-11;/h5-6,11,14H,2-4,8H2,1H3;1H/t11-;/m0./s1. The molecule has 0 unspecified atom stereocenters. The average Bonchev–Trinajstić information content (AvgIpc) is 2.29. The predicted molar refractivity (Wildman–Crippen MR) is 67.5 cm³/mol. The molecule has 5 heteroatoms. The summed E-state index contributed by atoms with van der Waals surface area (Å²) in [4.78, 5) is 4.27. The second-order valence-corrected chi connectivity index (χ2v) is 4.03. The van der Waals surface area contributed by atoms with Crippen LogP contribution in [0.5, 0.6) is 5.88 Å². The molecule has 1 atom stereocenters. The Morgan fingerprint density at radius 2 is 2.35 bits per heavy atom. The van der Waals surface area contributed by atoms with Gasteiger partial charge in [-0.15, -0.1) is 12.4 Å². The van der Waals surface area contributed by atoms with Gasteiger partial charge in [0.2, 0.25) is 5.88 Å². The van der Waals surface area contributed by atoms with Gasteiger partial charge < -0.3 is 10.1 Å². The molecule has 92 valence electrons. The summed E-state index contributed by atoms with van der Waals surface area (Å²) in [5.41, 5.74) is 1.42. The summed E-state index contributed by atoms with van der Waals surface area (Å²) < 4.78 is 5.75. The number of aromatic nitrogens is 1. The molecule has 0 radical (unpaired) electrons. The van der Waals surface area contributed by atoms with Crippen LogP contribution in [-0.2, 0) is 0 Å². The molecule has 4 nitrogen and oxygen atoms in total. The van der Waals surface area contributed by atoms with Crippen molar-refractivity contribution < 1.29 is 4.74 Å². The van der Waals surface area contributed by atoms with E-state index in [1.165, 1.54) is 0 Å². The molecule has 1 aliphatic rings. The van der Waals surface area contributed by atoms with Crippen LogP contribution in [0.15, 0.2) is 12.1 Å². The third-order valence-corrected chi connectivity index (χ3v) is 2.60. The highest BCUT2D eigenvalue weighted by Gasteiger charge is 2.15. The summed E-state index contributed by atoms with van der Waals surface area (Å²) in [6.07, 6.45) is 2.35. The molecular weight excluding hydrogens is 238 g/mol. The maximum absolute atomic E-state index is 8.85. The lowest BCUT2D eigenvalue weighted by Gasteiger charge is -2.23. The van der Waals surface area contributed by atoms with E-state index >= 15 is 0 Å². The van der Waals surface area contributed by atoms with Crippen LogP contribution in [0.3, 0.4) is 0 Å². The van der Waals surface area contributed by atoms with Gasteiger partial charge in [-0.1, -0.05) is 0 Å². The van der Waals surface area contributed by atoms with Crippen molar-refractivity contribution >= 4 is 12.4 Å². The van der Waals surface area contributed by atoms with Crippen molar-refractivity contribution in [3.63, 3.8) is 0 Å². The molecule has 17 heavy (non-hydrogen) atoms. The summed E-state index contributed by atoms with van der Waals surface area (Å²) in [5.74, 6) is 0.560. The van der Waals surface area contributed by atoms with Gasteiger partial charge >= 0.3 is 0 Å². The van der Waals surface area contributed by atoms with Crippen LogP contribution in [0.1, 0.15) is 24.1 Å². The first-order valence-electron chi connectivity index (χ1n) is 5.54. The molecule has 1 aromatic heterocycles. The topological polar surface area (TPSA) is 57.9 Å².